The molecule has 0 unspecified atom stereocenters. The zero-order chi connectivity index (χ0) is 20.8. The molecule has 0 saturated heterocycles. The first-order valence-corrected chi connectivity index (χ1v) is 8.88. The van der Waals surface area contributed by atoms with Gasteiger partial charge in [-0.1, -0.05) is 12.1 Å². The zero-order valence-corrected chi connectivity index (χ0v) is 15.7. The number of aromatic carboxylic acids is 1. The van der Waals surface area contributed by atoms with Gasteiger partial charge >= 0.3 is 11.6 Å². The number of carbonyl (C=O) groups is 2. The van der Waals surface area contributed by atoms with Crippen LogP contribution >= 0.6 is 0 Å². The van der Waals surface area contributed by atoms with Crippen LogP contribution in [0.25, 0.3) is 16.5 Å². The Morgan fingerprint density at radius 3 is 2.55 bits per heavy atom. The van der Waals surface area contributed by atoms with Crippen molar-refractivity contribution in [2.24, 2.45) is 0 Å². The largest absolute Gasteiger partial charge is 0.479 e. The van der Waals surface area contributed by atoms with Crippen LogP contribution in [-0.4, -0.2) is 22.5 Å². The maximum atomic E-state index is 13.1. The number of fused-ring (bicyclic) bond motifs is 3. The van der Waals surface area contributed by atoms with Crippen LogP contribution in [-0.2, 0) is 4.79 Å². The van der Waals surface area contributed by atoms with Crippen LogP contribution in [0.5, 0.6) is 5.75 Å². The number of ketones is 1. The molecule has 2 heterocycles. The van der Waals surface area contributed by atoms with E-state index in [1.54, 1.807) is 50.2 Å². The van der Waals surface area contributed by atoms with Gasteiger partial charge in [-0.3, -0.25) is 4.79 Å². The molecule has 0 bridgehead atoms. The number of anilines is 1. The van der Waals surface area contributed by atoms with Crippen LogP contribution in [0.2, 0.25) is 0 Å². The van der Waals surface area contributed by atoms with Crippen molar-refractivity contribution in [2.75, 3.05) is 5.32 Å². The van der Waals surface area contributed by atoms with Gasteiger partial charge in [0.2, 0.25) is 5.78 Å². The fourth-order valence-electron chi connectivity index (χ4n) is 3.30. The molecular formula is C22H17NO6. The molecule has 1 aliphatic rings. The Labute approximate surface area is 165 Å². The molecule has 1 aliphatic heterocycles. The highest BCUT2D eigenvalue weighted by atomic mass is 16.5. The predicted molar refractivity (Wildman–Crippen MR) is 107 cm³/mol. The average molecular weight is 391 g/mol. The summed E-state index contributed by atoms with van der Waals surface area (Å²) in [6, 6.07) is 12.7. The molecule has 1 aromatic heterocycles. The Balaban J connectivity index is 1.92. The van der Waals surface area contributed by atoms with Crippen molar-refractivity contribution in [3.05, 3.63) is 76.3 Å². The van der Waals surface area contributed by atoms with E-state index in [-0.39, 0.29) is 22.5 Å². The van der Waals surface area contributed by atoms with Crippen LogP contribution in [0.1, 0.15) is 29.8 Å². The second kappa shape index (κ2) is 6.63. The van der Waals surface area contributed by atoms with Crippen molar-refractivity contribution < 1.29 is 23.8 Å². The summed E-state index contributed by atoms with van der Waals surface area (Å²) in [6.07, 6.45) is 1.43. The van der Waals surface area contributed by atoms with Crippen LogP contribution in [0.15, 0.2) is 63.9 Å². The Morgan fingerprint density at radius 1 is 1.07 bits per heavy atom. The van der Waals surface area contributed by atoms with Crippen molar-refractivity contribution in [2.45, 2.75) is 19.4 Å². The molecule has 0 amide bonds. The Hall–Kier alpha value is -3.87. The van der Waals surface area contributed by atoms with Crippen molar-refractivity contribution in [3.8, 4) is 5.75 Å². The number of hydrogen-bond acceptors (Lipinski definition) is 6. The van der Waals surface area contributed by atoms with E-state index >= 15 is 0 Å². The summed E-state index contributed by atoms with van der Waals surface area (Å²) in [7, 11) is 0. The summed E-state index contributed by atoms with van der Waals surface area (Å²) in [5.41, 5.74) is -0.484. The van der Waals surface area contributed by atoms with Gasteiger partial charge in [0.25, 0.3) is 0 Å². The molecule has 0 radical (unpaired) electrons. The molecule has 0 fully saturated rings. The molecule has 0 spiro atoms. The lowest BCUT2D eigenvalue weighted by molar-refractivity contribution is -0.126. The Kier molecular flexibility index (Phi) is 4.23. The molecular weight excluding hydrogens is 374 g/mol. The topological polar surface area (TPSA) is 106 Å². The summed E-state index contributed by atoms with van der Waals surface area (Å²) < 4.78 is 11.2. The lowest BCUT2D eigenvalue weighted by atomic mass is 9.87. The molecule has 3 aromatic rings. The first-order chi connectivity index (χ1) is 13.8. The van der Waals surface area contributed by atoms with Crippen molar-refractivity contribution in [3.63, 3.8) is 0 Å². The third kappa shape index (κ3) is 3.16. The molecule has 0 saturated carbocycles. The zero-order valence-electron chi connectivity index (χ0n) is 15.7. The molecule has 0 aliphatic carbocycles. The van der Waals surface area contributed by atoms with Crippen molar-refractivity contribution >= 4 is 34.0 Å². The molecule has 7 nitrogen and oxygen atoms in total. The Morgan fingerprint density at radius 2 is 1.79 bits per heavy atom. The number of para-hydroxylation sites is 1. The van der Waals surface area contributed by atoms with Crippen LogP contribution in [0.3, 0.4) is 0 Å². The molecule has 29 heavy (non-hydrogen) atoms. The lowest BCUT2D eigenvalue weighted by Crippen LogP contribution is -2.42. The SMILES string of the molecule is CC1(C)Oc2ccc3ccc(=O)oc3c2C(=CNc2ccccc2C(=O)O)C1=O. The van der Waals surface area contributed by atoms with Gasteiger partial charge in [0.1, 0.15) is 11.3 Å². The van der Waals surface area contributed by atoms with Crippen molar-refractivity contribution in [1.29, 1.82) is 0 Å². The average Bonchev–Trinajstić information content (AvgIpc) is 2.68. The fourth-order valence-corrected chi connectivity index (χ4v) is 3.30. The molecule has 0 atom stereocenters. The number of Topliss-reactive ketones (excluding diaryl/α,β-unsaturated/α-hetero) is 1. The first kappa shape index (κ1) is 18.5. The summed E-state index contributed by atoms with van der Waals surface area (Å²) in [4.78, 5) is 36.4. The number of nitrogens with one attached hydrogen (secondary N) is 1. The molecule has 146 valence electrons. The number of carbonyl (C=O) groups excluding carboxylic acids is 1. The normalized spacial score (nSPS) is 16.3. The van der Waals surface area contributed by atoms with E-state index in [4.69, 9.17) is 9.15 Å². The van der Waals surface area contributed by atoms with Gasteiger partial charge in [-0.2, -0.15) is 0 Å². The van der Waals surface area contributed by atoms with Crippen LogP contribution in [0, 0.1) is 0 Å². The highest BCUT2D eigenvalue weighted by Crippen LogP contribution is 2.41. The third-order valence-corrected chi connectivity index (χ3v) is 4.71. The highest BCUT2D eigenvalue weighted by Gasteiger charge is 2.40. The molecule has 7 heteroatoms. The van der Waals surface area contributed by atoms with E-state index in [0.29, 0.717) is 22.4 Å². The summed E-state index contributed by atoms with van der Waals surface area (Å²) in [5, 5.41) is 12.9. The second-order valence-electron chi connectivity index (χ2n) is 7.11. The molecule has 2 N–H and O–H groups in total. The van der Waals surface area contributed by atoms with E-state index in [0.717, 1.165) is 0 Å². The summed E-state index contributed by atoms with van der Waals surface area (Å²) >= 11 is 0. The van der Waals surface area contributed by atoms with Crippen LogP contribution in [0.4, 0.5) is 5.69 Å². The number of carboxylic acids is 1. The smallest absolute Gasteiger partial charge is 0.337 e. The van der Waals surface area contributed by atoms with Crippen LogP contribution < -0.4 is 15.7 Å². The standard InChI is InChI=1S/C22H17NO6/c1-22(2)20(25)14(11-23-15-6-4-3-5-13(15)21(26)27)18-16(29-22)9-7-12-8-10-17(24)28-19(12)18/h3-11,23H,1-2H3,(H,26,27). The van der Waals surface area contributed by atoms with E-state index in [9.17, 15) is 19.5 Å². The Bertz CT molecular complexity index is 1250. The lowest BCUT2D eigenvalue weighted by Gasteiger charge is -2.32. The quantitative estimate of drug-likeness (QED) is 0.518. The first-order valence-electron chi connectivity index (χ1n) is 8.88. The number of hydrogen-bond donors (Lipinski definition) is 2. The maximum absolute atomic E-state index is 13.1. The minimum Gasteiger partial charge on any atom is -0.479 e. The van der Waals surface area contributed by atoms with E-state index < -0.39 is 17.2 Å². The molecule has 2 aromatic carbocycles. The van der Waals surface area contributed by atoms with Gasteiger partial charge in [0.15, 0.2) is 5.60 Å². The van der Waals surface area contributed by atoms with E-state index in [1.807, 2.05) is 0 Å². The third-order valence-electron chi connectivity index (χ3n) is 4.71. The minimum absolute atomic E-state index is 0.0628. The predicted octanol–water partition coefficient (Wildman–Crippen LogP) is 3.68. The second-order valence-corrected chi connectivity index (χ2v) is 7.11. The number of rotatable bonds is 3. The fraction of sp³-hybridized carbons (Fsp3) is 0.136. The van der Waals surface area contributed by atoms with E-state index in [2.05, 4.69) is 5.32 Å². The summed E-state index contributed by atoms with van der Waals surface area (Å²) in [5.74, 6) is -1.03. The number of ether oxygens (including phenoxy) is 1. The maximum Gasteiger partial charge on any atom is 0.337 e. The number of carboxylic acid groups (broad SMARTS) is 1. The minimum atomic E-state index is -1.14. The number of benzene rings is 2. The van der Waals surface area contributed by atoms with Gasteiger partial charge in [0, 0.05) is 17.7 Å². The monoisotopic (exact) mass is 391 g/mol. The molecule has 4 rings (SSSR count). The summed E-state index contributed by atoms with van der Waals surface area (Å²) in [6.45, 7) is 3.28. The van der Waals surface area contributed by atoms with E-state index in [1.165, 1.54) is 18.3 Å². The van der Waals surface area contributed by atoms with Gasteiger partial charge in [-0.25, -0.2) is 9.59 Å². The van der Waals surface area contributed by atoms with Gasteiger partial charge in [-0.15, -0.1) is 0 Å². The van der Waals surface area contributed by atoms with Gasteiger partial charge < -0.3 is 19.6 Å². The van der Waals surface area contributed by atoms with Gasteiger partial charge in [0.05, 0.1) is 22.4 Å². The highest BCUT2D eigenvalue weighted by molar-refractivity contribution is 6.28. The van der Waals surface area contributed by atoms with Gasteiger partial charge in [-0.05, 0) is 44.2 Å². The van der Waals surface area contributed by atoms with Crippen molar-refractivity contribution in [1.82, 2.24) is 0 Å².